The summed E-state index contributed by atoms with van der Waals surface area (Å²) in [6, 6.07) is 1.23. The Hall–Kier alpha value is -4.62. The molecule has 408 valence electrons. The second kappa shape index (κ2) is 38.9. The number of carbonyl (C=O) groups excluding carboxylic acids is 2. The smallest absolute Gasteiger partial charge is 0.462 e. The van der Waals surface area contributed by atoms with Gasteiger partial charge < -0.3 is 45.1 Å². The number of phosphoric acid groups is 2. The normalized spacial score (nSPS) is 20.3. The lowest BCUT2D eigenvalue weighted by molar-refractivity contribution is -0.161. The van der Waals surface area contributed by atoms with Crippen LogP contribution in [-0.4, -0.2) is 96.9 Å². The van der Waals surface area contributed by atoms with Crippen molar-refractivity contribution in [3.63, 3.8) is 0 Å². The Labute approximate surface area is 430 Å². The predicted molar refractivity (Wildman–Crippen MR) is 280 cm³/mol. The van der Waals surface area contributed by atoms with Gasteiger partial charge in [0, 0.05) is 19.0 Å². The van der Waals surface area contributed by atoms with Crippen LogP contribution < -0.4 is 11.4 Å². The molecule has 21 heteroatoms. The minimum Gasteiger partial charge on any atom is -0.462 e. The van der Waals surface area contributed by atoms with Crippen molar-refractivity contribution in [1.82, 2.24) is 9.55 Å². The number of carbonyl (C=O) groups is 2. The summed E-state index contributed by atoms with van der Waals surface area (Å²) in [6.07, 6.45) is 40.7. The monoisotopic (exact) mass is 1060 g/mol. The van der Waals surface area contributed by atoms with E-state index in [1.165, 1.54) is 25.3 Å². The molecule has 8 atom stereocenters. The average Bonchev–Trinajstić information content (AvgIpc) is 3.62. The van der Waals surface area contributed by atoms with Crippen molar-refractivity contribution in [1.29, 1.82) is 0 Å². The molecule has 0 radical (unpaired) electrons. The number of rotatable bonds is 39. The third-order valence-corrected chi connectivity index (χ3v) is 13.0. The molecule has 0 amide bonds. The molecular weight excluding hydrogens is 985 g/mol. The van der Waals surface area contributed by atoms with Crippen LogP contribution in [0.1, 0.15) is 129 Å². The summed E-state index contributed by atoms with van der Waals surface area (Å²) in [7, 11) is -10.9. The number of unbranched alkanes of at least 4 members (excludes halogenated alkanes) is 5. The number of allylic oxidation sites excluding steroid dienone is 16. The average molecular weight is 1060 g/mol. The summed E-state index contributed by atoms with van der Waals surface area (Å²) < 4.78 is 56.6. The van der Waals surface area contributed by atoms with Crippen LogP contribution in [0.25, 0.3) is 0 Å². The second-order valence-corrected chi connectivity index (χ2v) is 19.8. The van der Waals surface area contributed by atoms with Gasteiger partial charge in [0.15, 0.2) is 12.3 Å². The lowest BCUT2D eigenvalue weighted by Gasteiger charge is -2.21. The zero-order valence-electron chi connectivity index (χ0n) is 42.2. The highest BCUT2D eigenvalue weighted by Gasteiger charge is 2.46. The second-order valence-electron chi connectivity index (χ2n) is 16.8. The van der Waals surface area contributed by atoms with Gasteiger partial charge in [0.2, 0.25) is 0 Å². The quantitative estimate of drug-likeness (QED) is 0.0118. The Bertz CT molecular complexity index is 2170. The maximum Gasteiger partial charge on any atom is 0.481 e. The van der Waals surface area contributed by atoms with E-state index in [0.717, 1.165) is 49.3 Å². The standard InChI is InChI=1S/C52H79N3O16P2/c1-3-5-7-9-11-12-13-14-15-16-17-18-19-20-24-28-32-36-47(57)66-40-44(69-48(58)37-33-29-25-22-21-23-27-31-35-43(56)34-30-26-10-8-6-4-2)41-67-72(62,63)71-73(64,65)68-42-45-49(59)50(60)51(70-45)55-39-38-46(53)54-52(55)61/h6,8,11-12,14-15,17-18,20,22-27,30-31,35,38-39,43-45,49-51,56,59-60H,3-5,7,9-10,13,16,19,21,28-29,32-34,36-37,40-42H2,1-2H3,(H,62,63)(H,64,65)(H2,53,54,61)/b8-6-,12-11-,15-14-,18-17-,24-20-,25-22-,27-23-,30-26-,35-31+/t43?,44-,45-,49-,50-,51-/m1/s1. The molecule has 73 heavy (non-hydrogen) atoms. The number of aliphatic hydroxyl groups is 3. The van der Waals surface area contributed by atoms with Crippen LogP contribution >= 0.6 is 15.6 Å². The minimum absolute atomic E-state index is 0.0196. The summed E-state index contributed by atoms with van der Waals surface area (Å²) in [6.45, 7) is 1.80. The molecule has 3 unspecified atom stereocenters. The highest BCUT2D eigenvalue weighted by Crippen LogP contribution is 2.60. The Morgan fingerprint density at radius 2 is 1.30 bits per heavy atom. The van der Waals surface area contributed by atoms with Gasteiger partial charge >= 0.3 is 33.3 Å². The number of phosphoric ester groups is 2. The van der Waals surface area contributed by atoms with Crippen LogP contribution in [0.2, 0.25) is 0 Å². The Kier molecular flexibility index (Phi) is 34.4. The van der Waals surface area contributed by atoms with E-state index in [0.29, 0.717) is 38.5 Å². The Morgan fingerprint density at radius 1 is 0.740 bits per heavy atom. The molecule has 19 nitrogen and oxygen atoms in total. The van der Waals surface area contributed by atoms with Gasteiger partial charge in [-0.25, -0.2) is 13.9 Å². The largest absolute Gasteiger partial charge is 0.481 e. The van der Waals surface area contributed by atoms with Crippen LogP contribution in [0.15, 0.2) is 126 Å². The fraction of sp³-hybridized carbons (Fsp3) is 0.538. The predicted octanol–water partition coefficient (Wildman–Crippen LogP) is 9.19. The third kappa shape index (κ3) is 31.7. The van der Waals surface area contributed by atoms with Crippen LogP contribution in [0.3, 0.4) is 0 Å². The molecule has 2 rings (SSSR count). The number of hydrogen-bond donors (Lipinski definition) is 6. The third-order valence-electron chi connectivity index (χ3n) is 10.4. The van der Waals surface area contributed by atoms with Crippen LogP contribution in [-0.2, 0) is 46.3 Å². The number of nitrogen functional groups attached to an aromatic ring is 1. The molecule has 0 saturated carbocycles. The van der Waals surface area contributed by atoms with Gasteiger partial charge in [0.1, 0.15) is 30.7 Å². The molecular formula is C52H79N3O16P2. The number of esters is 2. The molecule has 0 spiro atoms. The number of hydrogen-bond acceptors (Lipinski definition) is 16. The maximum atomic E-state index is 12.8. The highest BCUT2D eigenvalue weighted by molar-refractivity contribution is 7.61. The van der Waals surface area contributed by atoms with Crippen LogP contribution in [0, 0.1) is 0 Å². The molecule has 0 aromatic carbocycles. The van der Waals surface area contributed by atoms with Gasteiger partial charge in [-0.15, -0.1) is 0 Å². The van der Waals surface area contributed by atoms with Crippen LogP contribution in [0.4, 0.5) is 5.82 Å². The molecule has 1 saturated heterocycles. The molecule has 1 aliphatic heterocycles. The van der Waals surface area contributed by atoms with Crippen molar-refractivity contribution in [2.24, 2.45) is 0 Å². The zero-order valence-corrected chi connectivity index (χ0v) is 44.0. The van der Waals surface area contributed by atoms with Crippen molar-refractivity contribution >= 4 is 33.4 Å². The summed E-state index contributed by atoms with van der Waals surface area (Å²) in [5.41, 5.74) is 4.57. The summed E-state index contributed by atoms with van der Waals surface area (Å²) in [5.74, 6) is -1.49. The van der Waals surface area contributed by atoms with Gasteiger partial charge in [0.05, 0.1) is 19.3 Å². The Balaban J connectivity index is 1.88. The van der Waals surface area contributed by atoms with Crippen molar-refractivity contribution in [2.75, 3.05) is 25.6 Å². The minimum atomic E-state index is -5.47. The van der Waals surface area contributed by atoms with Gasteiger partial charge in [-0.3, -0.25) is 23.2 Å². The molecule has 1 aromatic heterocycles. The van der Waals surface area contributed by atoms with Gasteiger partial charge in [-0.2, -0.15) is 9.29 Å². The molecule has 0 aliphatic carbocycles. The van der Waals surface area contributed by atoms with Crippen molar-refractivity contribution in [2.45, 2.75) is 160 Å². The van der Waals surface area contributed by atoms with E-state index in [1.807, 2.05) is 48.6 Å². The Morgan fingerprint density at radius 3 is 1.92 bits per heavy atom. The molecule has 0 bridgehead atoms. The number of nitrogens with zero attached hydrogens (tertiary/aromatic N) is 2. The molecule has 7 N–H and O–H groups in total. The summed E-state index contributed by atoms with van der Waals surface area (Å²) >= 11 is 0. The van der Waals surface area contributed by atoms with E-state index < -0.39 is 89.8 Å². The first-order valence-corrected chi connectivity index (χ1v) is 28.0. The fourth-order valence-electron chi connectivity index (χ4n) is 6.54. The van der Waals surface area contributed by atoms with Gasteiger partial charge in [0.25, 0.3) is 0 Å². The number of nitrogens with two attached hydrogens (primary N) is 1. The molecule has 1 aliphatic rings. The first-order valence-electron chi connectivity index (χ1n) is 25.0. The number of ether oxygens (including phenoxy) is 3. The summed E-state index contributed by atoms with van der Waals surface area (Å²) in [5, 5.41) is 31.0. The molecule has 1 fully saturated rings. The summed E-state index contributed by atoms with van der Waals surface area (Å²) in [4.78, 5) is 61.8. The topological polar surface area (TPSA) is 286 Å². The lowest BCUT2D eigenvalue weighted by atomic mass is 10.1. The van der Waals surface area contributed by atoms with E-state index in [2.05, 4.69) is 71.8 Å². The molecule has 1 aromatic rings. The SMILES string of the molecule is CC/C=C\C/C=C\CC(O)/C=C/C=C\C/C=C\CCCC(=O)O[C@H](COC(=O)CCC/C=C\C/C=C\C/C=C\C/C=C\CCCCC)COP(=O)(O)OP(=O)(O)OC[C@H]1O[C@@H](n2ccc(N)nc2=O)[C@H](O)[C@@H]1O. The number of anilines is 1. The van der Waals surface area contributed by atoms with E-state index in [-0.39, 0.29) is 18.7 Å². The van der Waals surface area contributed by atoms with E-state index in [1.54, 1.807) is 12.2 Å². The number of aromatic nitrogens is 2. The zero-order chi connectivity index (χ0) is 53.6. The first kappa shape index (κ1) is 64.5. The van der Waals surface area contributed by atoms with E-state index in [4.69, 9.17) is 29.0 Å². The van der Waals surface area contributed by atoms with Crippen molar-refractivity contribution in [3.8, 4) is 0 Å². The highest BCUT2D eigenvalue weighted by atomic mass is 31.3. The lowest BCUT2D eigenvalue weighted by Crippen LogP contribution is -2.36. The van der Waals surface area contributed by atoms with Crippen LogP contribution in [0.5, 0.6) is 0 Å². The first-order chi connectivity index (χ1) is 35.1. The van der Waals surface area contributed by atoms with Crippen molar-refractivity contribution in [3.05, 3.63) is 132 Å². The molecule has 2 heterocycles. The maximum absolute atomic E-state index is 12.8. The van der Waals surface area contributed by atoms with E-state index in [9.17, 15) is 48.6 Å². The van der Waals surface area contributed by atoms with Gasteiger partial charge in [-0.05, 0) is 89.5 Å². The van der Waals surface area contributed by atoms with Gasteiger partial charge in [-0.1, -0.05) is 136 Å². The van der Waals surface area contributed by atoms with Crippen molar-refractivity contribution < 1.29 is 71.4 Å². The van der Waals surface area contributed by atoms with E-state index >= 15 is 0 Å². The fourth-order valence-corrected chi connectivity index (χ4v) is 8.65. The number of aliphatic hydroxyl groups excluding tert-OH is 3.